The average molecular weight is 290 g/mol. The van der Waals surface area contributed by atoms with Crippen molar-refractivity contribution in [2.24, 2.45) is 0 Å². The summed E-state index contributed by atoms with van der Waals surface area (Å²) in [7, 11) is 0. The van der Waals surface area contributed by atoms with Crippen molar-refractivity contribution in [3.63, 3.8) is 0 Å². The average Bonchev–Trinajstić information content (AvgIpc) is 2.83. The summed E-state index contributed by atoms with van der Waals surface area (Å²) in [6, 6.07) is 7.33. The van der Waals surface area contributed by atoms with E-state index in [1.54, 1.807) is 35.3 Å². The third kappa shape index (κ3) is 2.27. The van der Waals surface area contributed by atoms with E-state index in [0.717, 1.165) is 5.69 Å². The molecule has 0 spiro atoms. The SMILES string of the molecule is S=c1[nH]nc(-c2cnccn2)n1-c1ccc(Cl)cc1. The number of aromatic nitrogens is 5. The highest BCUT2D eigenvalue weighted by Gasteiger charge is 2.11. The summed E-state index contributed by atoms with van der Waals surface area (Å²) in [6.07, 6.45) is 4.86. The lowest BCUT2D eigenvalue weighted by Gasteiger charge is -2.05. The van der Waals surface area contributed by atoms with Crippen molar-refractivity contribution in [3.8, 4) is 17.2 Å². The third-order valence-electron chi connectivity index (χ3n) is 2.55. The predicted octanol–water partition coefficient (Wildman–Crippen LogP) is 3.04. The summed E-state index contributed by atoms with van der Waals surface area (Å²) < 4.78 is 2.28. The van der Waals surface area contributed by atoms with E-state index in [9.17, 15) is 0 Å². The van der Waals surface area contributed by atoms with E-state index < -0.39 is 0 Å². The van der Waals surface area contributed by atoms with Gasteiger partial charge in [0, 0.05) is 17.4 Å². The van der Waals surface area contributed by atoms with Crippen molar-refractivity contribution >= 4 is 23.8 Å². The van der Waals surface area contributed by atoms with Crippen molar-refractivity contribution in [2.45, 2.75) is 0 Å². The van der Waals surface area contributed by atoms with Crippen LogP contribution in [0.15, 0.2) is 42.9 Å². The van der Waals surface area contributed by atoms with E-state index in [2.05, 4.69) is 20.2 Å². The van der Waals surface area contributed by atoms with Crippen LogP contribution >= 0.6 is 23.8 Å². The first-order chi connectivity index (χ1) is 9.25. The normalized spacial score (nSPS) is 10.6. The highest BCUT2D eigenvalue weighted by Crippen LogP contribution is 2.20. The van der Waals surface area contributed by atoms with Gasteiger partial charge in [0.15, 0.2) is 10.6 Å². The van der Waals surface area contributed by atoms with Crippen molar-refractivity contribution in [1.29, 1.82) is 0 Å². The molecule has 0 aliphatic heterocycles. The van der Waals surface area contributed by atoms with Crippen LogP contribution in [0.2, 0.25) is 5.02 Å². The van der Waals surface area contributed by atoms with Crippen LogP contribution in [0.3, 0.4) is 0 Å². The Bertz CT molecular complexity index is 748. The summed E-state index contributed by atoms with van der Waals surface area (Å²) in [6.45, 7) is 0. The van der Waals surface area contributed by atoms with Gasteiger partial charge in [0.05, 0.1) is 11.9 Å². The van der Waals surface area contributed by atoms with Crippen molar-refractivity contribution in [1.82, 2.24) is 24.7 Å². The molecule has 0 radical (unpaired) electrons. The summed E-state index contributed by atoms with van der Waals surface area (Å²) >= 11 is 11.1. The van der Waals surface area contributed by atoms with Gasteiger partial charge in [-0.3, -0.25) is 14.6 Å². The standard InChI is InChI=1S/C12H8ClN5S/c13-8-1-3-9(4-2-8)18-11(16-17-12(18)19)10-7-14-5-6-15-10/h1-7H,(H,17,19). The number of nitrogens with zero attached hydrogens (tertiary/aromatic N) is 4. The molecule has 3 aromatic rings. The van der Waals surface area contributed by atoms with E-state index in [0.29, 0.717) is 21.3 Å². The van der Waals surface area contributed by atoms with Crippen molar-refractivity contribution in [2.75, 3.05) is 0 Å². The molecule has 19 heavy (non-hydrogen) atoms. The van der Waals surface area contributed by atoms with E-state index >= 15 is 0 Å². The molecule has 0 amide bonds. The highest BCUT2D eigenvalue weighted by molar-refractivity contribution is 7.71. The van der Waals surface area contributed by atoms with Gasteiger partial charge in [0.2, 0.25) is 0 Å². The smallest absolute Gasteiger partial charge is 0.200 e. The number of benzene rings is 1. The quantitative estimate of drug-likeness (QED) is 0.737. The minimum Gasteiger partial charge on any atom is -0.267 e. The molecule has 0 fully saturated rings. The summed E-state index contributed by atoms with van der Waals surface area (Å²) in [4.78, 5) is 8.26. The van der Waals surface area contributed by atoms with Gasteiger partial charge in [-0.15, -0.1) is 0 Å². The molecule has 0 saturated heterocycles. The van der Waals surface area contributed by atoms with Crippen LogP contribution in [0.5, 0.6) is 0 Å². The van der Waals surface area contributed by atoms with Gasteiger partial charge in [-0.1, -0.05) is 11.6 Å². The molecule has 1 N–H and O–H groups in total. The largest absolute Gasteiger partial charge is 0.267 e. The van der Waals surface area contributed by atoms with Crippen LogP contribution in [-0.4, -0.2) is 24.7 Å². The van der Waals surface area contributed by atoms with Gasteiger partial charge >= 0.3 is 0 Å². The summed E-state index contributed by atoms with van der Waals surface area (Å²) in [5.74, 6) is 0.612. The van der Waals surface area contributed by atoms with Crippen molar-refractivity contribution in [3.05, 3.63) is 52.6 Å². The second kappa shape index (κ2) is 4.91. The maximum absolute atomic E-state index is 5.89. The highest BCUT2D eigenvalue weighted by atomic mass is 35.5. The first-order valence-corrected chi connectivity index (χ1v) is 6.24. The second-order valence-corrected chi connectivity index (χ2v) is 4.58. The predicted molar refractivity (Wildman–Crippen MR) is 74.8 cm³/mol. The minimum absolute atomic E-state index is 0.489. The molecule has 0 unspecified atom stereocenters. The van der Waals surface area contributed by atoms with Crippen LogP contribution < -0.4 is 0 Å². The van der Waals surface area contributed by atoms with Gasteiger partial charge < -0.3 is 0 Å². The zero-order valence-corrected chi connectivity index (χ0v) is 11.2. The number of rotatable bonds is 2. The molecule has 1 aromatic carbocycles. The Morgan fingerprint density at radius 1 is 1.16 bits per heavy atom. The number of H-pyrrole nitrogens is 1. The first-order valence-electron chi connectivity index (χ1n) is 5.45. The monoisotopic (exact) mass is 289 g/mol. The number of hydrogen-bond acceptors (Lipinski definition) is 4. The molecule has 94 valence electrons. The summed E-state index contributed by atoms with van der Waals surface area (Å²) in [5, 5.41) is 7.63. The van der Waals surface area contributed by atoms with E-state index in [1.165, 1.54) is 0 Å². The molecule has 0 atom stereocenters. The molecule has 5 nitrogen and oxygen atoms in total. The van der Waals surface area contributed by atoms with E-state index in [1.807, 2.05) is 12.1 Å². The first kappa shape index (κ1) is 12.0. The zero-order valence-electron chi connectivity index (χ0n) is 9.62. The third-order valence-corrected chi connectivity index (χ3v) is 3.08. The van der Waals surface area contributed by atoms with Crippen LogP contribution in [0.4, 0.5) is 0 Å². The number of hydrogen-bond donors (Lipinski definition) is 1. The number of nitrogens with one attached hydrogen (secondary N) is 1. The lowest BCUT2D eigenvalue weighted by molar-refractivity contribution is 1.02. The van der Waals surface area contributed by atoms with Gasteiger partial charge in [-0.05, 0) is 36.5 Å². The Balaban J connectivity index is 2.19. The maximum atomic E-state index is 5.89. The molecule has 3 rings (SSSR count). The second-order valence-electron chi connectivity index (χ2n) is 3.75. The number of halogens is 1. The van der Waals surface area contributed by atoms with Gasteiger partial charge in [0.25, 0.3) is 0 Å². The fourth-order valence-electron chi connectivity index (χ4n) is 1.71. The lowest BCUT2D eigenvalue weighted by atomic mass is 10.3. The molecular weight excluding hydrogens is 282 g/mol. The molecule has 0 aliphatic rings. The van der Waals surface area contributed by atoms with E-state index in [4.69, 9.17) is 23.8 Å². The molecular formula is C12H8ClN5S. The topological polar surface area (TPSA) is 59.4 Å². The van der Waals surface area contributed by atoms with Crippen molar-refractivity contribution < 1.29 is 0 Å². The molecule has 2 heterocycles. The Morgan fingerprint density at radius 2 is 1.95 bits per heavy atom. The number of aromatic amines is 1. The van der Waals surface area contributed by atoms with Crippen LogP contribution in [0, 0.1) is 4.77 Å². The van der Waals surface area contributed by atoms with Crippen LogP contribution in [0.1, 0.15) is 0 Å². The Kier molecular flexibility index (Phi) is 3.10. The van der Waals surface area contributed by atoms with Crippen LogP contribution in [-0.2, 0) is 0 Å². The maximum Gasteiger partial charge on any atom is 0.200 e. The Hall–Kier alpha value is -2.05. The minimum atomic E-state index is 0.489. The van der Waals surface area contributed by atoms with Gasteiger partial charge in [-0.2, -0.15) is 5.10 Å². The Morgan fingerprint density at radius 3 is 2.63 bits per heavy atom. The molecule has 0 aliphatic carbocycles. The van der Waals surface area contributed by atoms with E-state index in [-0.39, 0.29) is 0 Å². The zero-order chi connectivity index (χ0) is 13.2. The lowest BCUT2D eigenvalue weighted by Crippen LogP contribution is -1.99. The Labute approximate surface area is 118 Å². The van der Waals surface area contributed by atoms with Crippen LogP contribution in [0.25, 0.3) is 17.2 Å². The molecule has 0 bridgehead atoms. The molecule has 0 saturated carbocycles. The molecule has 2 aromatic heterocycles. The van der Waals surface area contributed by atoms with Gasteiger partial charge in [-0.25, -0.2) is 4.98 Å². The summed E-state index contributed by atoms with van der Waals surface area (Å²) in [5.41, 5.74) is 1.51. The molecule has 7 heteroatoms. The van der Waals surface area contributed by atoms with Gasteiger partial charge in [0.1, 0.15) is 5.69 Å². The fraction of sp³-hybridized carbons (Fsp3) is 0. The fourth-order valence-corrected chi connectivity index (χ4v) is 2.08.